The number of hydrogen-bond acceptors (Lipinski definition) is 3. The molecule has 2 N–H and O–H groups in total. The first-order valence-electron chi connectivity index (χ1n) is 4.11. The summed E-state index contributed by atoms with van der Waals surface area (Å²) < 4.78 is 0. The molecule has 2 nitrogen and oxygen atoms in total. The van der Waals surface area contributed by atoms with Gasteiger partial charge in [0.2, 0.25) is 0 Å². The highest BCUT2D eigenvalue weighted by atomic mass is 32.2. The largest absolute Gasteiger partial charge is 0.389 e. The minimum absolute atomic E-state index is 0.562. The molecule has 1 heterocycles. The summed E-state index contributed by atoms with van der Waals surface area (Å²) in [5, 5.41) is 12.8. The van der Waals surface area contributed by atoms with Crippen molar-refractivity contribution in [3.8, 4) is 0 Å². The normalized spacial score (nSPS) is 25.9. The lowest BCUT2D eigenvalue weighted by Crippen LogP contribution is -2.40. The minimum Gasteiger partial charge on any atom is -0.389 e. The van der Waals surface area contributed by atoms with E-state index in [4.69, 9.17) is 0 Å². The first-order chi connectivity index (χ1) is 5.08. The van der Waals surface area contributed by atoms with Crippen LogP contribution in [0.3, 0.4) is 0 Å². The summed E-state index contributed by atoms with van der Waals surface area (Å²) >= 11 is 1.99. The van der Waals surface area contributed by atoms with Gasteiger partial charge in [-0.25, -0.2) is 0 Å². The molecule has 3 heteroatoms. The fourth-order valence-corrected chi connectivity index (χ4v) is 2.28. The quantitative estimate of drug-likeness (QED) is 0.667. The van der Waals surface area contributed by atoms with Crippen molar-refractivity contribution in [1.82, 2.24) is 5.32 Å². The van der Waals surface area contributed by atoms with Crippen LogP contribution in [0.5, 0.6) is 0 Å². The molecule has 66 valence electrons. The third-order valence-corrected chi connectivity index (χ3v) is 2.92. The second-order valence-corrected chi connectivity index (χ2v) is 4.90. The Bertz CT molecular complexity index is 116. The summed E-state index contributed by atoms with van der Waals surface area (Å²) in [6.45, 7) is 4.38. The summed E-state index contributed by atoms with van der Waals surface area (Å²) in [4.78, 5) is 0. The smallest absolute Gasteiger partial charge is 0.0715 e. The van der Waals surface area contributed by atoms with Gasteiger partial charge in [-0.3, -0.25) is 0 Å². The maximum absolute atomic E-state index is 9.41. The average Bonchev–Trinajstić information content (AvgIpc) is 2.32. The first-order valence-corrected chi connectivity index (χ1v) is 5.27. The Balaban J connectivity index is 2.11. The number of thioether (sulfide) groups is 1. The summed E-state index contributed by atoms with van der Waals surface area (Å²) in [7, 11) is 0. The minimum atomic E-state index is -0.562. The molecule has 1 saturated heterocycles. The van der Waals surface area contributed by atoms with Crippen LogP contribution in [0.15, 0.2) is 0 Å². The summed E-state index contributed by atoms with van der Waals surface area (Å²) in [5.41, 5.74) is -0.562. The molecule has 1 aliphatic heterocycles. The van der Waals surface area contributed by atoms with E-state index in [9.17, 15) is 5.11 Å². The van der Waals surface area contributed by atoms with E-state index >= 15 is 0 Å². The van der Waals surface area contributed by atoms with Crippen LogP contribution in [-0.4, -0.2) is 34.8 Å². The molecule has 0 aromatic carbocycles. The standard InChI is InChI=1S/C8H17NOS/c1-8(2,10)6-9-7-3-4-11-5-7/h7,9-10H,3-6H2,1-2H3. The Morgan fingerprint density at radius 2 is 2.36 bits per heavy atom. The van der Waals surface area contributed by atoms with Crippen molar-refractivity contribution in [2.75, 3.05) is 18.1 Å². The third kappa shape index (κ3) is 3.99. The number of aliphatic hydroxyl groups is 1. The van der Waals surface area contributed by atoms with Crippen molar-refractivity contribution in [3.05, 3.63) is 0 Å². The second-order valence-electron chi connectivity index (χ2n) is 3.75. The average molecular weight is 175 g/mol. The molecule has 0 aliphatic carbocycles. The maximum Gasteiger partial charge on any atom is 0.0715 e. The third-order valence-electron chi connectivity index (χ3n) is 1.75. The Morgan fingerprint density at radius 1 is 1.64 bits per heavy atom. The van der Waals surface area contributed by atoms with E-state index in [0.29, 0.717) is 12.6 Å². The van der Waals surface area contributed by atoms with Gasteiger partial charge in [-0.15, -0.1) is 0 Å². The van der Waals surface area contributed by atoms with Crippen LogP contribution in [-0.2, 0) is 0 Å². The fourth-order valence-electron chi connectivity index (χ4n) is 1.09. The van der Waals surface area contributed by atoms with Gasteiger partial charge in [0.15, 0.2) is 0 Å². The number of rotatable bonds is 3. The van der Waals surface area contributed by atoms with Crippen LogP contribution in [0.2, 0.25) is 0 Å². The Hall–Kier alpha value is 0.270. The van der Waals surface area contributed by atoms with Crippen molar-refractivity contribution < 1.29 is 5.11 Å². The van der Waals surface area contributed by atoms with Crippen molar-refractivity contribution >= 4 is 11.8 Å². The number of hydrogen-bond donors (Lipinski definition) is 2. The van der Waals surface area contributed by atoms with Crippen LogP contribution in [0.25, 0.3) is 0 Å². The molecule has 0 aromatic heterocycles. The van der Waals surface area contributed by atoms with Crippen LogP contribution < -0.4 is 5.32 Å². The van der Waals surface area contributed by atoms with E-state index in [2.05, 4.69) is 5.32 Å². The van der Waals surface area contributed by atoms with Gasteiger partial charge in [0.25, 0.3) is 0 Å². The Labute approximate surface area is 72.8 Å². The van der Waals surface area contributed by atoms with Crippen molar-refractivity contribution in [2.24, 2.45) is 0 Å². The molecule has 0 amide bonds. The van der Waals surface area contributed by atoms with Crippen LogP contribution in [0, 0.1) is 0 Å². The van der Waals surface area contributed by atoms with Crippen molar-refractivity contribution in [3.63, 3.8) is 0 Å². The first kappa shape index (κ1) is 9.36. The molecule has 0 aromatic rings. The molecular weight excluding hydrogens is 158 g/mol. The molecule has 1 aliphatic rings. The highest BCUT2D eigenvalue weighted by Gasteiger charge is 2.18. The van der Waals surface area contributed by atoms with Crippen molar-refractivity contribution in [1.29, 1.82) is 0 Å². The summed E-state index contributed by atoms with van der Waals surface area (Å²) in [5.74, 6) is 2.47. The van der Waals surface area contributed by atoms with Gasteiger partial charge >= 0.3 is 0 Å². The summed E-state index contributed by atoms with van der Waals surface area (Å²) in [6.07, 6.45) is 1.25. The monoisotopic (exact) mass is 175 g/mol. The molecule has 1 fully saturated rings. The van der Waals surface area contributed by atoms with E-state index in [1.165, 1.54) is 17.9 Å². The molecule has 0 radical (unpaired) electrons. The van der Waals surface area contributed by atoms with Crippen LogP contribution in [0.4, 0.5) is 0 Å². The molecule has 0 saturated carbocycles. The molecule has 11 heavy (non-hydrogen) atoms. The second kappa shape index (κ2) is 3.78. The summed E-state index contributed by atoms with van der Waals surface area (Å²) in [6, 6.07) is 0.631. The topological polar surface area (TPSA) is 32.3 Å². The van der Waals surface area contributed by atoms with Gasteiger partial charge in [0, 0.05) is 18.3 Å². The zero-order valence-electron chi connectivity index (χ0n) is 7.26. The van der Waals surface area contributed by atoms with E-state index in [1.54, 1.807) is 0 Å². The van der Waals surface area contributed by atoms with Crippen molar-refractivity contribution in [2.45, 2.75) is 31.9 Å². The lowest BCUT2D eigenvalue weighted by Gasteiger charge is -2.20. The van der Waals surface area contributed by atoms with Gasteiger partial charge in [-0.1, -0.05) is 0 Å². The molecule has 1 atom stereocenters. The van der Waals surface area contributed by atoms with Gasteiger partial charge in [0.05, 0.1) is 5.60 Å². The van der Waals surface area contributed by atoms with E-state index in [1.807, 2.05) is 25.6 Å². The molecular formula is C8H17NOS. The SMILES string of the molecule is CC(C)(O)CNC1CCSC1. The van der Waals surface area contributed by atoms with Gasteiger partial charge in [-0.05, 0) is 26.0 Å². The predicted molar refractivity (Wildman–Crippen MR) is 50.0 cm³/mol. The molecule has 0 spiro atoms. The highest BCUT2D eigenvalue weighted by molar-refractivity contribution is 7.99. The van der Waals surface area contributed by atoms with E-state index in [-0.39, 0.29) is 0 Å². The van der Waals surface area contributed by atoms with Gasteiger partial charge in [0.1, 0.15) is 0 Å². The fraction of sp³-hybridized carbons (Fsp3) is 1.00. The lowest BCUT2D eigenvalue weighted by atomic mass is 10.1. The zero-order valence-corrected chi connectivity index (χ0v) is 8.08. The number of nitrogens with one attached hydrogen (secondary N) is 1. The lowest BCUT2D eigenvalue weighted by molar-refractivity contribution is 0.0773. The molecule has 0 bridgehead atoms. The van der Waals surface area contributed by atoms with E-state index < -0.39 is 5.60 Å². The molecule has 1 unspecified atom stereocenters. The zero-order chi connectivity index (χ0) is 8.32. The van der Waals surface area contributed by atoms with Crippen LogP contribution >= 0.6 is 11.8 Å². The Morgan fingerprint density at radius 3 is 2.82 bits per heavy atom. The van der Waals surface area contributed by atoms with Gasteiger partial charge in [-0.2, -0.15) is 11.8 Å². The highest BCUT2D eigenvalue weighted by Crippen LogP contribution is 2.17. The Kier molecular flexibility index (Phi) is 3.22. The molecule has 1 rings (SSSR count). The van der Waals surface area contributed by atoms with Crippen LogP contribution in [0.1, 0.15) is 20.3 Å². The van der Waals surface area contributed by atoms with Gasteiger partial charge < -0.3 is 10.4 Å². The predicted octanol–water partition coefficient (Wildman–Crippen LogP) is 0.852. The maximum atomic E-state index is 9.41. The van der Waals surface area contributed by atoms with E-state index in [0.717, 1.165) is 0 Å².